The molecule has 0 radical (unpaired) electrons. The predicted octanol–water partition coefficient (Wildman–Crippen LogP) is 4.80. The van der Waals surface area contributed by atoms with E-state index in [9.17, 15) is 4.79 Å². The van der Waals surface area contributed by atoms with Gasteiger partial charge in [0.2, 0.25) is 0 Å². The molecule has 0 aromatic heterocycles. The Hall–Kier alpha value is -2.05. The van der Waals surface area contributed by atoms with Crippen LogP contribution in [0.25, 0.3) is 0 Å². The van der Waals surface area contributed by atoms with Gasteiger partial charge >= 0.3 is 5.97 Å². The topological polar surface area (TPSA) is 57.1 Å². The smallest absolute Gasteiger partial charge is 0.344 e. The Bertz CT molecular complexity index is 762. The first kappa shape index (κ1) is 19.3. The van der Waals surface area contributed by atoms with Crippen LogP contribution in [-0.2, 0) is 9.53 Å². The van der Waals surface area contributed by atoms with Gasteiger partial charge in [-0.15, -0.1) is 0 Å². The zero-order valence-electron chi connectivity index (χ0n) is 13.8. The molecule has 0 saturated heterocycles. The number of halogens is 2. The molecule has 0 amide bonds. The molecule has 0 aliphatic rings. The average molecular weight is 427 g/mol. The number of ether oxygens (including phenoxy) is 3. The van der Waals surface area contributed by atoms with Gasteiger partial charge in [0.05, 0.1) is 19.4 Å². The van der Waals surface area contributed by atoms with Gasteiger partial charge in [0, 0.05) is 21.3 Å². The predicted molar refractivity (Wildman–Crippen MR) is 102 cm³/mol. The van der Waals surface area contributed by atoms with Gasteiger partial charge in [-0.1, -0.05) is 27.5 Å². The molecule has 25 heavy (non-hydrogen) atoms. The van der Waals surface area contributed by atoms with E-state index < -0.39 is 5.97 Å². The number of nitrogens with zero attached hydrogens (tertiary/aromatic N) is 1. The van der Waals surface area contributed by atoms with Crippen molar-refractivity contribution < 1.29 is 19.0 Å². The second kappa shape index (κ2) is 9.44. The van der Waals surface area contributed by atoms with Crippen molar-refractivity contribution in [3.63, 3.8) is 0 Å². The maximum atomic E-state index is 11.6. The van der Waals surface area contributed by atoms with E-state index in [0.29, 0.717) is 28.7 Å². The molecule has 2 aromatic rings. The lowest BCUT2D eigenvalue weighted by atomic mass is 10.2. The van der Waals surface area contributed by atoms with E-state index in [2.05, 4.69) is 20.9 Å². The maximum Gasteiger partial charge on any atom is 0.344 e. The van der Waals surface area contributed by atoms with Crippen molar-refractivity contribution in [3.05, 3.63) is 51.5 Å². The Balaban J connectivity index is 2.29. The number of carbonyl (C=O) groups is 1. The molecule has 7 heteroatoms. The Morgan fingerprint density at radius 3 is 2.64 bits per heavy atom. The molecule has 2 rings (SSSR count). The fourth-order valence-electron chi connectivity index (χ4n) is 2.00. The summed E-state index contributed by atoms with van der Waals surface area (Å²) < 4.78 is 16.6. The standard InChI is InChI=1S/C18H17BrClNO4/c1-3-24-17(22)11-25-18-12(8-13(19)9-16(18)23-2)10-21-15-6-4-14(20)5-7-15/h4-10H,3,11H2,1-2H3/b21-10-. The van der Waals surface area contributed by atoms with Crippen LogP contribution in [0.5, 0.6) is 11.5 Å². The van der Waals surface area contributed by atoms with Crippen molar-refractivity contribution in [2.45, 2.75) is 6.92 Å². The van der Waals surface area contributed by atoms with Gasteiger partial charge in [0.1, 0.15) is 0 Å². The van der Waals surface area contributed by atoms with E-state index in [1.165, 1.54) is 7.11 Å². The zero-order chi connectivity index (χ0) is 18.2. The minimum Gasteiger partial charge on any atom is -0.493 e. The third-order valence-electron chi connectivity index (χ3n) is 3.09. The summed E-state index contributed by atoms with van der Waals surface area (Å²) in [6.07, 6.45) is 1.64. The number of carbonyl (C=O) groups excluding carboxylic acids is 1. The average Bonchev–Trinajstić information content (AvgIpc) is 2.60. The third kappa shape index (κ3) is 5.76. The van der Waals surface area contributed by atoms with E-state index in [4.69, 9.17) is 25.8 Å². The van der Waals surface area contributed by atoms with Crippen molar-refractivity contribution in [2.75, 3.05) is 20.3 Å². The number of benzene rings is 2. The first-order chi connectivity index (χ1) is 12.0. The van der Waals surface area contributed by atoms with Crippen LogP contribution in [0.15, 0.2) is 45.9 Å². The summed E-state index contributed by atoms with van der Waals surface area (Å²) in [7, 11) is 1.53. The lowest BCUT2D eigenvalue weighted by Crippen LogP contribution is -2.15. The lowest BCUT2D eigenvalue weighted by Gasteiger charge is -2.13. The second-order valence-electron chi connectivity index (χ2n) is 4.85. The minimum absolute atomic E-state index is 0.215. The van der Waals surface area contributed by atoms with Crippen LogP contribution >= 0.6 is 27.5 Å². The largest absolute Gasteiger partial charge is 0.493 e. The van der Waals surface area contributed by atoms with Crippen LogP contribution in [0.4, 0.5) is 5.69 Å². The molecule has 0 spiro atoms. The fraction of sp³-hybridized carbons (Fsp3) is 0.222. The monoisotopic (exact) mass is 425 g/mol. The van der Waals surface area contributed by atoms with E-state index >= 15 is 0 Å². The highest BCUT2D eigenvalue weighted by atomic mass is 79.9. The molecule has 0 aliphatic heterocycles. The highest BCUT2D eigenvalue weighted by molar-refractivity contribution is 9.10. The second-order valence-corrected chi connectivity index (χ2v) is 6.21. The highest BCUT2D eigenvalue weighted by Gasteiger charge is 2.14. The molecular formula is C18H17BrClNO4. The van der Waals surface area contributed by atoms with Gasteiger partial charge in [0.25, 0.3) is 0 Å². The molecule has 0 atom stereocenters. The number of methoxy groups -OCH3 is 1. The van der Waals surface area contributed by atoms with Crippen molar-refractivity contribution in [3.8, 4) is 11.5 Å². The zero-order valence-corrected chi connectivity index (χ0v) is 16.1. The summed E-state index contributed by atoms with van der Waals surface area (Å²) in [5.41, 5.74) is 1.39. The molecule has 132 valence electrons. The van der Waals surface area contributed by atoms with Crippen LogP contribution in [0.3, 0.4) is 0 Å². The SMILES string of the molecule is CCOC(=O)COc1c(/C=N\c2ccc(Cl)cc2)cc(Br)cc1OC. The summed E-state index contributed by atoms with van der Waals surface area (Å²) in [5, 5.41) is 0.640. The van der Waals surface area contributed by atoms with Crippen LogP contribution in [0, 0.1) is 0 Å². The van der Waals surface area contributed by atoms with Crippen LogP contribution in [-0.4, -0.2) is 32.5 Å². The van der Waals surface area contributed by atoms with Crippen LogP contribution in [0.2, 0.25) is 5.02 Å². The first-order valence-corrected chi connectivity index (χ1v) is 8.66. The molecule has 0 unspecified atom stereocenters. The lowest BCUT2D eigenvalue weighted by molar-refractivity contribution is -0.145. The van der Waals surface area contributed by atoms with E-state index in [1.54, 1.807) is 43.5 Å². The molecule has 2 aromatic carbocycles. The van der Waals surface area contributed by atoms with E-state index in [-0.39, 0.29) is 6.61 Å². The van der Waals surface area contributed by atoms with Crippen molar-refractivity contribution in [2.24, 2.45) is 4.99 Å². The Kier molecular flexibility index (Phi) is 7.28. The van der Waals surface area contributed by atoms with Crippen molar-refractivity contribution >= 4 is 45.4 Å². The molecule has 0 saturated carbocycles. The maximum absolute atomic E-state index is 11.6. The molecular weight excluding hydrogens is 410 g/mol. The van der Waals surface area contributed by atoms with Crippen molar-refractivity contribution in [1.82, 2.24) is 0 Å². The molecule has 0 N–H and O–H groups in total. The quantitative estimate of drug-likeness (QED) is 0.471. The summed E-state index contributed by atoms with van der Waals surface area (Å²) in [6, 6.07) is 10.7. The van der Waals surface area contributed by atoms with E-state index in [0.717, 1.165) is 10.2 Å². The minimum atomic E-state index is -0.451. The summed E-state index contributed by atoms with van der Waals surface area (Å²) in [6.45, 7) is 1.82. The van der Waals surface area contributed by atoms with Gasteiger partial charge in [-0.25, -0.2) is 4.79 Å². The van der Waals surface area contributed by atoms with Gasteiger partial charge in [-0.3, -0.25) is 4.99 Å². The summed E-state index contributed by atoms with van der Waals surface area (Å²) >= 11 is 9.29. The molecule has 0 heterocycles. The Morgan fingerprint density at radius 1 is 1.28 bits per heavy atom. The van der Waals surface area contributed by atoms with Crippen LogP contribution in [0.1, 0.15) is 12.5 Å². The Morgan fingerprint density at radius 2 is 2.00 bits per heavy atom. The third-order valence-corrected chi connectivity index (χ3v) is 3.80. The molecule has 5 nitrogen and oxygen atoms in total. The molecule has 0 aliphatic carbocycles. The summed E-state index contributed by atoms with van der Waals surface area (Å²) in [5.74, 6) is 0.445. The molecule has 0 fully saturated rings. The number of esters is 1. The van der Waals surface area contributed by atoms with E-state index in [1.807, 2.05) is 6.07 Å². The van der Waals surface area contributed by atoms with Gasteiger partial charge < -0.3 is 14.2 Å². The van der Waals surface area contributed by atoms with Crippen molar-refractivity contribution in [1.29, 1.82) is 0 Å². The van der Waals surface area contributed by atoms with Gasteiger partial charge in [-0.2, -0.15) is 0 Å². The number of hydrogen-bond donors (Lipinski definition) is 0. The first-order valence-electron chi connectivity index (χ1n) is 7.49. The Labute approximate surface area is 159 Å². The van der Waals surface area contributed by atoms with Crippen LogP contribution < -0.4 is 9.47 Å². The van der Waals surface area contributed by atoms with Gasteiger partial charge in [0.15, 0.2) is 18.1 Å². The normalized spacial score (nSPS) is 10.7. The number of hydrogen-bond acceptors (Lipinski definition) is 5. The highest BCUT2D eigenvalue weighted by Crippen LogP contribution is 2.34. The fourth-order valence-corrected chi connectivity index (χ4v) is 2.58. The number of aliphatic imine (C=N–C) groups is 1. The van der Waals surface area contributed by atoms with Gasteiger partial charge in [-0.05, 0) is 43.3 Å². The number of rotatable bonds is 7. The molecule has 0 bridgehead atoms. The summed E-state index contributed by atoms with van der Waals surface area (Å²) in [4.78, 5) is 16.0.